The summed E-state index contributed by atoms with van der Waals surface area (Å²) in [6.07, 6.45) is 3.64. The average Bonchev–Trinajstić information content (AvgIpc) is 3.26. The van der Waals surface area contributed by atoms with Crippen LogP contribution in [0.25, 0.3) is 0 Å². The van der Waals surface area contributed by atoms with E-state index in [1.54, 1.807) is 5.57 Å². The molecular weight excluding hydrogens is 296 g/mol. The summed E-state index contributed by atoms with van der Waals surface area (Å²) in [6, 6.07) is 10.5. The number of hydrogen-bond acceptors (Lipinski definition) is 2. The molecule has 1 aliphatic rings. The maximum Gasteiger partial charge on any atom is 0.0513 e. The Morgan fingerprint density at radius 2 is 1.58 bits per heavy atom. The van der Waals surface area contributed by atoms with Gasteiger partial charge in [-0.2, -0.15) is 0 Å². The standard InChI is InChI=1S/C14H19N.C5H12.C2H7N.H2O/c1-3-12(13-9-10(13)2)14(15)11-7-5-4-6-8-11;1-4-5(2)3;1-3-2;/h4-8,10,14H,3,9,15H2,1-2H3;5H,4H2,1-3H3;3H,1-2H3;1H2/b13-12+;;;. The molecule has 1 aliphatic carbocycles. The first-order valence-corrected chi connectivity index (χ1v) is 9.03. The lowest BCUT2D eigenvalue weighted by atomic mass is 9.96. The van der Waals surface area contributed by atoms with Crippen molar-refractivity contribution in [1.82, 2.24) is 5.32 Å². The van der Waals surface area contributed by atoms with Gasteiger partial charge in [-0.15, -0.1) is 0 Å². The van der Waals surface area contributed by atoms with Crippen molar-refractivity contribution in [2.75, 3.05) is 14.1 Å². The molecule has 0 aromatic heterocycles. The summed E-state index contributed by atoms with van der Waals surface area (Å²) in [5, 5.41) is 2.75. The molecule has 5 N–H and O–H groups in total. The molecule has 0 heterocycles. The summed E-state index contributed by atoms with van der Waals surface area (Å²) in [5.74, 6) is 1.66. The van der Waals surface area contributed by atoms with Gasteiger partial charge in [-0.1, -0.05) is 76.9 Å². The fraction of sp³-hybridized carbons (Fsp3) is 0.619. The normalized spacial score (nSPS) is 18.3. The fourth-order valence-electron chi connectivity index (χ4n) is 2.23. The van der Waals surface area contributed by atoms with Gasteiger partial charge in [0.2, 0.25) is 0 Å². The number of nitrogens with one attached hydrogen (secondary N) is 1. The third-order valence-electron chi connectivity index (χ3n) is 4.10. The Morgan fingerprint density at radius 1 is 1.17 bits per heavy atom. The van der Waals surface area contributed by atoms with E-state index in [0.717, 1.165) is 18.3 Å². The number of rotatable bonds is 4. The van der Waals surface area contributed by atoms with Crippen molar-refractivity contribution >= 4 is 0 Å². The Labute approximate surface area is 150 Å². The molecule has 1 aromatic carbocycles. The van der Waals surface area contributed by atoms with Crippen molar-refractivity contribution in [3.63, 3.8) is 0 Å². The lowest BCUT2D eigenvalue weighted by molar-refractivity contribution is 0.626. The Bertz CT molecular complexity index is 440. The molecule has 0 saturated heterocycles. The summed E-state index contributed by atoms with van der Waals surface area (Å²) in [4.78, 5) is 0. The van der Waals surface area contributed by atoms with Crippen LogP contribution in [0.5, 0.6) is 0 Å². The first-order valence-electron chi connectivity index (χ1n) is 9.03. The third kappa shape index (κ3) is 9.86. The second-order valence-corrected chi connectivity index (χ2v) is 6.70. The summed E-state index contributed by atoms with van der Waals surface area (Å²) < 4.78 is 0. The summed E-state index contributed by atoms with van der Waals surface area (Å²) >= 11 is 0. The van der Waals surface area contributed by atoms with Gasteiger partial charge >= 0.3 is 0 Å². The molecule has 2 unspecified atom stereocenters. The average molecular weight is 337 g/mol. The minimum atomic E-state index is 0. The Hall–Kier alpha value is -1.16. The Morgan fingerprint density at radius 3 is 1.88 bits per heavy atom. The number of nitrogens with two attached hydrogens (primary N) is 1. The van der Waals surface area contributed by atoms with Gasteiger partial charge in [0.25, 0.3) is 0 Å². The maximum absolute atomic E-state index is 6.30. The van der Waals surface area contributed by atoms with Crippen LogP contribution in [0.3, 0.4) is 0 Å². The van der Waals surface area contributed by atoms with Gasteiger partial charge in [-0.05, 0) is 49.9 Å². The van der Waals surface area contributed by atoms with E-state index in [9.17, 15) is 0 Å². The van der Waals surface area contributed by atoms with Crippen LogP contribution in [-0.2, 0) is 0 Å². The van der Waals surface area contributed by atoms with E-state index >= 15 is 0 Å². The molecule has 3 heteroatoms. The fourth-order valence-corrected chi connectivity index (χ4v) is 2.23. The highest BCUT2D eigenvalue weighted by molar-refractivity contribution is 5.37. The van der Waals surface area contributed by atoms with E-state index in [0.29, 0.717) is 0 Å². The maximum atomic E-state index is 6.30. The van der Waals surface area contributed by atoms with Gasteiger partial charge in [0.05, 0.1) is 6.04 Å². The van der Waals surface area contributed by atoms with E-state index in [4.69, 9.17) is 5.73 Å². The molecule has 1 aromatic rings. The van der Waals surface area contributed by atoms with Crippen LogP contribution >= 0.6 is 0 Å². The van der Waals surface area contributed by atoms with Gasteiger partial charge < -0.3 is 16.5 Å². The van der Waals surface area contributed by atoms with E-state index in [2.05, 4.69) is 64.2 Å². The largest absolute Gasteiger partial charge is 0.412 e. The zero-order valence-electron chi connectivity index (χ0n) is 16.8. The van der Waals surface area contributed by atoms with Crippen molar-refractivity contribution in [2.45, 2.75) is 59.9 Å². The molecule has 24 heavy (non-hydrogen) atoms. The van der Waals surface area contributed by atoms with Crippen molar-refractivity contribution < 1.29 is 5.48 Å². The van der Waals surface area contributed by atoms with Crippen molar-refractivity contribution in [1.29, 1.82) is 0 Å². The smallest absolute Gasteiger partial charge is 0.0513 e. The molecule has 2 atom stereocenters. The molecule has 0 aliphatic heterocycles. The molecule has 0 bridgehead atoms. The highest BCUT2D eigenvalue weighted by Gasteiger charge is 2.29. The number of benzene rings is 1. The lowest BCUT2D eigenvalue weighted by Crippen LogP contribution is -2.13. The second-order valence-electron chi connectivity index (χ2n) is 6.70. The van der Waals surface area contributed by atoms with Gasteiger partial charge in [-0.25, -0.2) is 0 Å². The van der Waals surface area contributed by atoms with Crippen molar-refractivity contribution in [3.8, 4) is 0 Å². The van der Waals surface area contributed by atoms with E-state index < -0.39 is 0 Å². The molecule has 140 valence electrons. The summed E-state index contributed by atoms with van der Waals surface area (Å²) in [6.45, 7) is 11.1. The number of allylic oxidation sites excluding steroid dienone is 1. The monoisotopic (exact) mass is 336 g/mol. The SMILES string of the molecule is CC/C(=C1/CC1C)C(N)c1ccccc1.CCC(C)C.CNC.O. The molecule has 0 amide bonds. The van der Waals surface area contributed by atoms with Crippen LogP contribution < -0.4 is 11.1 Å². The Kier molecular flexibility index (Phi) is 14.8. The zero-order valence-corrected chi connectivity index (χ0v) is 16.8. The number of hydrogen-bond donors (Lipinski definition) is 2. The molecule has 0 radical (unpaired) electrons. The minimum absolute atomic E-state index is 0. The van der Waals surface area contributed by atoms with Crippen LogP contribution in [-0.4, -0.2) is 19.6 Å². The second kappa shape index (κ2) is 14.2. The van der Waals surface area contributed by atoms with Gasteiger partial charge in [0.15, 0.2) is 0 Å². The highest BCUT2D eigenvalue weighted by Crippen LogP contribution is 2.43. The predicted molar refractivity (Wildman–Crippen MR) is 108 cm³/mol. The van der Waals surface area contributed by atoms with Crippen molar-refractivity contribution in [3.05, 3.63) is 47.0 Å². The molecular formula is C21H40N2O. The first-order chi connectivity index (χ1) is 10.9. The van der Waals surface area contributed by atoms with Gasteiger partial charge in [0, 0.05) is 0 Å². The quantitative estimate of drug-likeness (QED) is 0.795. The minimum Gasteiger partial charge on any atom is -0.412 e. The molecule has 1 fully saturated rings. The van der Waals surface area contributed by atoms with Crippen LogP contribution in [0.15, 0.2) is 41.5 Å². The van der Waals surface area contributed by atoms with E-state index in [1.165, 1.54) is 24.0 Å². The van der Waals surface area contributed by atoms with Gasteiger partial charge in [-0.3, -0.25) is 0 Å². The predicted octanol–water partition coefficient (Wildman–Crippen LogP) is 4.50. The van der Waals surface area contributed by atoms with Crippen LogP contribution in [0.1, 0.15) is 65.5 Å². The van der Waals surface area contributed by atoms with E-state index in [-0.39, 0.29) is 11.5 Å². The van der Waals surface area contributed by atoms with Crippen LogP contribution in [0, 0.1) is 11.8 Å². The van der Waals surface area contributed by atoms with E-state index in [1.807, 2.05) is 20.2 Å². The van der Waals surface area contributed by atoms with Crippen molar-refractivity contribution in [2.24, 2.45) is 17.6 Å². The summed E-state index contributed by atoms with van der Waals surface area (Å²) in [7, 11) is 3.75. The van der Waals surface area contributed by atoms with Gasteiger partial charge in [0.1, 0.15) is 0 Å². The Balaban J connectivity index is 0. The topological polar surface area (TPSA) is 69.5 Å². The zero-order chi connectivity index (χ0) is 17.8. The molecule has 3 nitrogen and oxygen atoms in total. The molecule has 2 rings (SSSR count). The summed E-state index contributed by atoms with van der Waals surface area (Å²) in [5.41, 5.74) is 10.6. The molecule has 1 saturated carbocycles. The highest BCUT2D eigenvalue weighted by atomic mass is 16.0. The third-order valence-corrected chi connectivity index (χ3v) is 4.10. The van der Waals surface area contributed by atoms with Crippen LogP contribution in [0.2, 0.25) is 0 Å². The lowest BCUT2D eigenvalue weighted by Gasteiger charge is -2.15. The molecule has 0 spiro atoms. The first kappa shape index (κ1) is 25.1. The van der Waals surface area contributed by atoms with Crippen LogP contribution in [0.4, 0.5) is 0 Å².